The number of halogens is 1. The van der Waals surface area contributed by atoms with Crippen LogP contribution in [0.15, 0.2) is 18.2 Å². The third-order valence-corrected chi connectivity index (χ3v) is 4.02. The van der Waals surface area contributed by atoms with Crippen molar-refractivity contribution in [1.82, 2.24) is 5.32 Å². The molecule has 1 aromatic rings. The number of para-hydroxylation sites is 1. The zero-order valence-electron chi connectivity index (χ0n) is 12.4. The molecule has 116 valence electrons. The second kappa shape index (κ2) is 7.00. The molecular formula is C15H22ClN3O2. The van der Waals surface area contributed by atoms with Gasteiger partial charge in [0.25, 0.3) is 0 Å². The summed E-state index contributed by atoms with van der Waals surface area (Å²) in [5.74, 6) is 0. The molecular weight excluding hydrogens is 290 g/mol. The third kappa shape index (κ3) is 4.25. The molecule has 0 unspecified atom stereocenters. The average molecular weight is 312 g/mol. The van der Waals surface area contributed by atoms with Crippen LogP contribution in [0.4, 0.5) is 16.2 Å². The number of aliphatic hydroxyl groups excluding tert-OH is 1. The Labute approximate surface area is 130 Å². The first kappa shape index (κ1) is 15.9. The van der Waals surface area contributed by atoms with Crippen LogP contribution in [-0.4, -0.2) is 37.4 Å². The zero-order chi connectivity index (χ0) is 15.4. The maximum atomic E-state index is 12.1. The summed E-state index contributed by atoms with van der Waals surface area (Å²) < 4.78 is 0. The van der Waals surface area contributed by atoms with Gasteiger partial charge in [-0.15, -0.1) is 0 Å². The van der Waals surface area contributed by atoms with Gasteiger partial charge in [0, 0.05) is 20.1 Å². The second-order valence-corrected chi connectivity index (χ2v) is 6.04. The van der Waals surface area contributed by atoms with Crippen molar-refractivity contribution in [3.63, 3.8) is 0 Å². The molecule has 0 radical (unpaired) electrons. The number of carbonyl (C=O) groups excluding carboxylic acids is 1. The molecule has 0 aromatic heterocycles. The molecule has 0 spiro atoms. The number of amides is 2. The molecule has 3 N–H and O–H groups in total. The Hall–Kier alpha value is -1.46. The van der Waals surface area contributed by atoms with Gasteiger partial charge in [0.15, 0.2) is 0 Å². The smallest absolute Gasteiger partial charge is 0.319 e. The Morgan fingerprint density at radius 2 is 1.95 bits per heavy atom. The maximum absolute atomic E-state index is 12.1. The number of benzene rings is 1. The van der Waals surface area contributed by atoms with Crippen LogP contribution < -0.4 is 15.5 Å². The zero-order valence-corrected chi connectivity index (χ0v) is 13.2. The summed E-state index contributed by atoms with van der Waals surface area (Å²) in [5, 5.41) is 15.9. The number of urea groups is 1. The molecule has 0 heterocycles. The lowest BCUT2D eigenvalue weighted by Gasteiger charge is -2.26. The highest BCUT2D eigenvalue weighted by atomic mass is 35.5. The summed E-state index contributed by atoms with van der Waals surface area (Å²) in [6, 6.07) is 5.31. The van der Waals surface area contributed by atoms with Crippen molar-refractivity contribution in [2.45, 2.75) is 37.8 Å². The van der Waals surface area contributed by atoms with Gasteiger partial charge in [-0.2, -0.15) is 0 Å². The van der Waals surface area contributed by atoms with Crippen LogP contribution in [0.5, 0.6) is 0 Å². The van der Waals surface area contributed by atoms with Gasteiger partial charge >= 0.3 is 6.03 Å². The van der Waals surface area contributed by atoms with Crippen LogP contribution >= 0.6 is 11.6 Å². The Kier molecular flexibility index (Phi) is 5.31. The van der Waals surface area contributed by atoms with Gasteiger partial charge in [-0.25, -0.2) is 4.79 Å². The van der Waals surface area contributed by atoms with Crippen LogP contribution in [0.1, 0.15) is 25.7 Å². The summed E-state index contributed by atoms with van der Waals surface area (Å²) in [5.41, 5.74) is 1.47. The number of carbonyl (C=O) groups is 1. The second-order valence-electron chi connectivity index (χ2n) is 5.63. The number of rotatable bonds is 3. The first-order valence-electron chi connectivity index (χ1n) is 7.19. The van der Waals surface area contributed by atoms with E-state index >= 15 is 0 Å². The van der Waals surface area contributed by atoms with Crippen molar-refractivity contribution in [2.24, 2.45) is 0 Å². The molecule has 0 bridgehead atoms. The van der Waals surface area contributed by atoms with E-state index in [1.54, 1.807) is 6.07 Å². The number of nitrogens with zero attached hydrogens (tertiary/aromatic N) is 1. The molecule has 21 heavy (non-hydrogen) atoms. The first-order chi connectivity index (χ1) is 9.97. The minimum Gasteiger partial charge on any atom is -0.393 e. The highest BCUT2D eigenvalue weighted by molar-refractivity contribution is 6.34. The fourth-order valence-electron chi connectivity index (χ4n) is 2.63. The van der Waals surface area contributed by atoms with Crippen molar-refractivity contribution in [3.8, 4) is 0 Å². The van der Waals surface area contributed by atoms with E-state index in [9.17, 15) is 9.90 Å². The molecule has 5 nitrogen and oxygen atoms in total. The van der Waals surface area contributed by atoms with Crippen LogP contribution in [0.25, 0.3) is 0 Å². The van der Waals surface area contributed by atoms with E-state index in [-0.39, 0.29) is 18.2 Å². The molecule has 1 fully saturated rings. The van der Waals surface area contributed by atoms with Gasteiger partial charge < -0.3 is 20.6 Å². The third-order valence-electron chi connectivity index (χ3n) is 3.71. The van der Waals surface area contributed by atoms with E-state index in [0.29, 0.717) is 10.7 Å². The van der Waals surface area contributed by atoms with Gasteiger partial charge in [0.1, 0.15) is 0 Å². The van der Waals surface area contributed by atoms with Gasteiger partial charge in [0.2, 0.25) is 0 Å². The Morgan fingerprint density at radius 3 is 2.57 bits per heavy atom. The molecule has 0 atom stereocenters. The minimum absolute atomic E-state index is 0.121. The predicted octanol–water partition coefficient (Wildman–Crippen LogP) is 2.83. The fourth-order valence-corrected chi connectivity index (χ4v) is 2.98. The molecule has 0 aliphatic heterocycles. The van der Waals surface area contributed by atoms with Crippen LogP contribution in [-0.2, 0) is 0 Å². The molecule has 2 rings (SSSR count). The largest absolute Gasteiger partial charge is 0.393 e. The number of hydrogen-bond acceptors (Lipinski definition) is 3. The number of hydrogen-bond donors (Lipinski definition) is 3. The molecule has 0 saturated heterocycles. The van der Waals surface area contributed by atoms with Crippen molar-refractivity contribution >= 4 is 29.0 Å². The first-order valence-corrected chi connectivity index (χ1v) is 7.56. The summed E-state index contributed by atoms with van der Waals surface area (Å²) in [4.78, 5) is 14.0. The van der Waals surface area contributed by atoms with E-state index in [0.717, 1.165) is 31.4 Å². The van der Waals surface area contributed by atoms with E-state index in [2.05, 4.69) is 10.6 Å². The molecule has 1 saturated carbocycles. The number of aliphatic hydroxyl groups is 1. The summed E-state index contributed by atoms with van der Waals surface area (Å²) in [7, 11) is 3.76. The molecule has 2 amide bonds. The predicted molar refractivity (Wildman–Crippen MR) is 86.2 cm³/mol. The molecule has 6 heteroatoms. The van der Waals surface area contributed by atoms with E-state index < -0.39 is 0 Å². The summed E-state index contributed by atoms with van der Waals surface area (Å²) >= 11 is 6.17. The van der Waals surface area contributed by atoms with Crippen LogP contribution in [0.2, 0.25) is 5.02 Å². The van der Waals surface area contributed by atoms with Crippen molar-refractivity contribution < 1.29 is 9.90 Å². The lowest BCUT2D eigenvalue weighted by molar-refractivity contribution is 0.118. The molecule has 1 aliphatic carbocycles. The minimum atomic E-state index is -0.234. The summed E-state index contributed by atoms with van der Waals surface area (Å²) in [6.45, 7) is 0. The molecule has 1 aliphatic rings. The van der Waals surface area contributed by atoms with Crippen LogP contribution in [0, 0.1) is 0 Å². The van der Waals surface area contributed by atoms with Crippen molar-refractivity contribution in [2.75, 3.05) is 24.3 Å². The summed E-state index contributed by atoms with van der Waals surface area (Å²) in [6.07, 6.45) is 2.88. The normalized spacial score (nSPS) is 21.7. The fraction of sp³-hybridized carbons (Fsp3) is 0.533. The van der Waals surface area contributed by atoms with Crippen LogP contribution in [0.3, 0.4) is 0 Å². The van der Waals surface area contributed by atoms with Gasteiger partial charge in [-0.1, -0.05) is 17.7 Å². The van der Waals surface area contributed by atoms with Gasteiger partial charge in [-0.05, 0) is 37.8 Å². The Morgan fingerprint density at radius 1 is 1.29 bits per heavy atom. The number of nitrogens with one attached hydrogen (secondary N) is 2. The average Bonchev–Trinajstić information content (AvgIpc) is 2.41. The number of anilines is 2. The van der Waals surface area contributed by atoms with Gasteiger partial charge in [0.05, 0.1) is 22.5 Å². The highest BCUT2D eigenvalue weighted by Crippen LogP contribution is 2.32. The quantitative estimate of drug-likeness (QED) is 0.804. The van der Waals surface area contributed by atoms with E-state index in [1.807, 2.05) is 31.1 Å². The van der Waals surface area contributed by atoms with E-state index in [4.69, 9.17) is 11.6 Å². The standard InChI is InChI=1S/C15H22ClN3O2/c1-19(2)14-12(16)4-3-5-13(14)18-15(21)17-10-6-8-11(20)9-7-10/h3-5,10-11,20H,6-9H2,1-2H3,(H2,17,18,21). The lowest BCUT2D eigenvalue weighted by atomic mass is 9.93. The highest BCUT2D eigenvalue weighted by Gasteiger charge is 2.21. The van der Waals surface area contributed by atoms with E-state index in [1.165, 1.54) is 0 Å². The Bertz CT molecular complexity index is 500. The Balaban J connectivity index is 1.98. The maximum Gasteiger partial charge on any atom is 0.319 e. The van der Waals surface area contributed by atoms with Gasteiger partial charge in [-0.3, -0.25) is 0 Å². The SMILES string of the molecule is CN(C)c1c(Cl)cccc1NC(=O)NC1CCC(O)CC1. The van der Waals surface area contributed by atoms with Crippen molar-refractivity contribution in [3.05, 3.63) is 23.2 Å². The monoisotopic (exact) mass is 311 g/mol. The van der Waals surface area contributed by atoms with Crippen molar-refractivity contribution in [1.29, 1.82) is 0 Å². The molecule has 1 aromatic carbocycles. The topological polar surface area (TPSA) is 64.6 Å². The lowest BCUT2D eigenvalue weighted by Crippen LogP contribution is -2.41.